The fourth-order valence-corrected chi connectivity index (χ4v) is 5.74. The fourth-order valence-electron chi connectivity index (χ4n) is 3.97. The van der Waals surface area contributed by atoms with Gasteiger partial charge in [0.2, 0.25) is 5.76 Å². The number of rotatable bonds is 8. The molecule has 38 heavy (non-hydrogen) atoms. The van der Waals surface area contributed by atoms with E-state index < -0.39 is 18.0 Å². The number of hydrogen-bond donors (Lipinski definition) is 0. The predicted octanol–water partition coefficient (Wildman–Crippen LogP) is 3.30. The van der Waals surface area contributed by atoms with E-state index in [2.05, 4.69) is 4.99 Å². The van der Waals surface area contributed by atoms with E-state index in [9.17, 15) is 14.4 Å². The Morgan fingerprint density at radius 2 is 1.92 bits per heavy atom. The van der Waals surface area contributed by atoms with Crippen molar-refractivity contribution in [2.45, 2.75) is 13.0 Å². The standard InChI is InChI=1S/C27H22N2O7S2/c1-16-22(26(32)35-13-12-33-2)23(17-7-9-18(10-8-17)36-25(31)20-6-3-11-34-20)29-24(30)21(38-27(29)28-16)15-19-5-4-14-37-19/h3-11,14-15,23H,12-13H2,1-2H3/b21-15+/t23-/m0/s1. The van der Waals surface area contributed by atoms with Gasteiger partial charge in [0.25, 0.3) is 5.56 Å². The summed E-state index contributed by atoms with van der Waals surface area (Å²) in [6.45, 7) is 2.01. The Hall–Kier alpha value is -4.06. The predicted molar refractivity (Wildman–Crippen MR) is 141 cm³/mol. The third kappa shape index (κ3) is 5.17. The number of fused-ring (bicyclic) bond motifs is 1. The second-order valence-electron chi connectivity index (χ2n) is 8.16. The Labute approximate surface area is 224 Å². The largest absolute Gasteiger partial charge is 0.460 e. The number of nitrogens with zero attached hydrogens (tertiary/aromatic N) is 2. The number of allylic oxidation sites excluding steroid dienone is 1. The summed E-state index contributed by atoms with van der Waals surface area (Å²) in [4.78, 5) is 45.1. The SMILES string of the molecule is COCCOC(=O)C1=C(C)N=c2s/c(=C/c3cccs3)c(=O)n2[C@H]1c1ccc(OC(=O)c2ccco2)cc1. The minimum Gasteiger partial charge on any atom is -0.460 e. The summed E-state index contributed by atoms with van der Waals surface area (Å²) in [5.41, 5.74) is 1.06. The molecule has 4 aromatic rings. The van der Waals surface area contributed by atoms with Crippen LogP contribution in [0.3, 0.4) is 0 Å². The lowest BCUT2D eigenvalue weighted by molar-refractivity contribution is -0.140. The first kappa shape index (κ1) is 25.6. The van der Waals surface area contributed by atoms with Crippen molar-refractivity contribution >= 4 is 40.7 Å². The van der Waals surface area contributed by atoms with Crippen LogP contribution in [-0.2, 0) is 14.3 Å². The Morgan fingerprint density at radius 3 is 2.61 bits per heavy atom. The third-order valence-corrected chi connectivity index (χ3v) is 7.51. The maximum Gasteiger partial charge on any atom is 0.379 e. The van der Waals surface area contributed by atoms with Crippen LogP contribution >= 0.6 is 22.7 Å². The van der Waals surface area contributed by atoms with Gasteiger partial charge in [-0.15, -0.1) is 11.3 Å². The van der Waals surface area contributed by atoms with Crippen LogP contribution in [-0.4, -0.2) is 36.8 Å². The molecule has 0 saturated heterocycles. The van der Waals surface area contributed by atoms with Gasteiger partial charge in [0.1, 0.15) is 12.4 Å². The summed E-state index contributed by atoms with van der Waals surface area (Å²) in [6, 6.07) is 12.7. The number of esters is 2. The van der Waals surface area contributed by atoms with Crippen molar-refractivity contribution in [1.82, 2.24) is 4.57 Å². The van der Waals surface area contributed by atoms with Gasteiger partial charge in [-0.2, -0.15) is 0 Å². The van der Waals surface area contributed by atoms with Crippen LogP contribution in [0.15, 0.2) is 85.6 Å². The van der Waals surface area contributed by atoms with Crippen LogP contribution in [0.1, 0.15) is 34.0 Å². The maximum absolute atomic E-state index is 13.6. The molecule has 0 radical (unpaired) electrons. The highest BCUT2D eigenvalue weighted by Gasteiger charge is 2.33. The van der Waals surface area contributed by atoms with Crippen molar-refractivity contribution in [2.24, 2.45) is 4.99 Å². The van der Waals surface area contributed by atoms with Gasteiger partial charge in [-0.05, 0) is 54.3 Å². The summed E-state index contributed by atoms with van der Waals surface area (Å²) in [7, 11) is 1.51. The van der Waals surface area contributed by atoms with Crippen LogP contribution < -0.4 is 19.6 Å². The highest BCUT2D eigenvalue weighted by atomic mass is 32.1. The zero-order valence-electron chi connectivity index (χ0n) is 20.4. The summed E-state index contributed by atoms with van der Waals surface area (Å²) in [5.74, 6) is -0.867. The second kappa shape index (κ2) is 11.1. The van der Waals surface area contributed by atoms with Crippen LogP contribution in [0.25, 0.3) is 6.08 Å². The van der Waals surface area contributed by atoms with E-state index in [0.29, 0.717) is 20.6 Å². The smallest absolute Gasteiger partial charge is 0.379 e. The van der Waals surface area contributed by atoms with Gasteiger partial charge in [0.15, 0.2) is 4.80 Å². The van der Waals surface area contributed by atoms with Crippen LogP contribution in [0.5, 0.6) is 5.75 Å². The molecule has 4 heterocycles. The molecule has 194 valence electrons. The van der Waals surface area contributed by atoms with E-state index in [1.165, 1.54) is 46.7 Å². The van der Waals surface area contributed by atoms with Gasteiger partial charge in [0.05, 0.1) is 34.7 Å². The van der Waals surface area contributed by atoms with Gasteiger partial charge in [-0.3, -0.25) is 9.36 Å². The highest BCUT2D eigenvalue weighted by molar-refractivity contribution is 7.11. The van der Waals surface area contributed by atoms with Crippen molar-refractivity contribution in [3.8, 4) is 5.75 Å². The number of aromatic nitrogens is 1. The molecule has 1 aliphatic rings. The van der Waals surface area contributed by atoms with Gasteiger partial charge in [-0.25, -0.2) is 14.6 Å². The number of ether oxygens (including phenoxy) is 3. The number of furan rings is 1. The van der Waals surface area contributed by atoms with Gasteiger partial charge in [0, 0.05) is 12.0 Å². The van der Waals surface area contributed by atoms with E-state index >= 15 is 0 Å². The minimum absolute atomic E-state index is 0.0588. The number of thiophene rings is 1. The molecule has 0 fully saturated rings. The molecule has 0 amide bonds. The topological polar surface area (TPSA) is 109 Å². The van der Waals surface area contributed by atoms with Crippen LogP contribution in [0, 0.1) is 0 Å². The van der Waals surface area contributed by atoms with Crippen molar-refractivity contribution in [3.05, 3.63) is 107 Å². The first-order valence-electron chi connectivity index (χ1n) is 11.5. The molecule has 1 aliphatic heterocycles. The first-order chi connectivity index (χ1) is 18.5. The molecular weight excluding hydrogens is 528 g/mol. The Morgan fingerprint density at radius 1 is 1.11 bits per heavy atom. The quantitative estimate of drug-likeness (QED) is 0.188. The molecule has 5 rings (SSSR count). The van der Waals surface area contributed by atoms with E-state index in [1.807, 2.05) is 23.6 Å². The molecule has 1 atom stereocenters. The molecule has 1 aromatic carbocycles. The van der Waals surface area contributed by atoms with Crippen LogP contribution in [0.2, 0.25) is 0 Å². The Balaban J connectivity index is 1.56. The summed E-state index contributed by atoms with van der Waals surface area (Å²) in [5, 5.41) is 1.93. The Kier molecular flexibility index (Phi) is 7.50. The molecule has 11 heteroatoms. The molecule has 9 nitrogen and oxygen atoms in total. The average Bonchev–Trinajstić information content (AvgIpc) is 3.67. The molecule has 0 spiro atoms. The number of hydrogen-bond acceptors (Lipinski definition) is 10. The van der Waals surface area contributed by atoms with Gasteiger partial charge >= 0.3 is 11.9 Å². The monoisotopic (exact) mass is 550 g/mol. The maximum atomic E-state index is 13.6. The third-order valence-electron chi connectivity index (χ3n) is 5.71. The average molecular weight is 551 g/mol. The molecule has 0 aliphatic carbocycles. The molecule has 0 N–H and O–H groups in total. The number of methoxy groups -OCH3 is 1. The summed E-state index contributed by atoms with van der Waals surface area (Å²) >= 11 is 2.78. The Bertz CT molecular complexity index is 1660. The lowest BCUT2D eigenvalue weighted by atomic mass is 9.96. The number of benzene rings is 1. The highest BCUT2D eigenvalue weighted by Crippen LogP contribution is 2.31. The van der Waals surface area contributed by atoms with E-state index in [4.69, 9.17) is 18.6 Å². The van der Waals surface area contributed by atoms with Crippen molar-refractivity contribution < 1.29 is 28.2 Å². The normalized spacial score (nSPS) is 15.2. The van der Waals surface area contributed by atoms with Crippen molar-refractivity contribution in [2.75, 3.05) is 20.3 Å². The van der Waals surface area contributed by atoms with E-state index in [1.54, 1.807) is 37.3 Å². The zero-order valence-corrected chi connectivity index (χ0v) is 22.0. The van der Waals surface area contributed by atoms with Crippen molar-refractivity contribution in [3.63, 3.8) is 0 Å². The lowest BCUT2D eigenvalue weighted by Gasteiger charge is -2.25. The first-order valence-corrected chi connectivity index (χ1v) is 13.2. The number of carbonyl (C=O) groups excluding carboxylic acids is 2. The number of carbonyl (C=O) groups is 2. The lowest BCUT2D eigenvalue weighted by Crippen LogP contribution is -2.40. The van der Waals surface area contributed by atoms with Crippen LogP contribution in [0.4, 0.5) is 0 Å². The molecule has 0 saturated carbocycles. The fraction of sp³-hybridized carbons (Fsp3) is 0.185. The van der Waals surface area contributed by atoms with Gasteiger partial charge in [-0.1, -0.05) is 29.5 Å². The minimum atomic E-state index is -0.790. The second-order valence-corrected chi connectivity index (χ2v) is 10.2. The summed E-state index contributed by atoms with van der Waals surface area (Å²) < 4.78 is 22.9. The zero-order chi connectivity index (χ0) is 26.6. The van der Waals surface area contributed by atoms with E-state index in [-0.39, 0.29) is 35.9 Å². The van der Waals surface area contributed by atoms with E-state index in [0.717, 1.165) is 4.88 Å². The number of thiazole rings is 1. The van der Waals surface area contributed by atoms with Crippen molar-refractivity contribution in [1.29, 1.82) is 0 Å². The molecule has 3 aromatic heterocycles. The molecule has 0 bridgehead atoms. The molecular formula is C27H22N2O7S2. The summed E-state index contributed by atoms with van der Waals surface area (Å²) in [6.07, 6.45) is 3.20. The van der Waals surface area contributed by atoms with Gasteiger partial charge < -0.3 is 18.6 Å². The molecule has 0 unspecified atom stereocenters.